The second-order valence-corrected chi connectivity index (χ2v) is 7.19. The molecular formula is C13H17NO2S. The van der Waals surface area contributed by atoms with Gasteiger partial charge in [0.1, 0.15) is 0 Å². The number of sulfone groups is 1. The minimum atomic E-state index is -3.10. The molecular weight excluding hydrogens is 234 g/mol. The molecule has 0 unspecified atom stereocenters. The zero-order valence-electron chi connectivity index (χ0n) is 9.78. The summed E-state index contributed by atoms with van der Waals surface area (Å²) in [6.07, 6.45) is 4.54. The van der Waals surface area contributed by atoms with Crippen LogP contribution in [0.25, 0.3) is 0 Å². The first kappa shape index (κ1) is 11.2. The Morgan fingerprint density at radius 3 is 2.41 bits per heavy atom. The Bertz CT molecular complexity index is 532. The Hall–Kier alpha value is -0.870. The Kier molecular flexibility index (Phi) is 2.71. The van der Waals surface area contributed by atoms with Gasteiger partial charge in [-0.1, -0.05) is 6.07 Å². The van der Waals surface area contributed by atoms with Crippen molar-refractivity contribution >= 4 is 9.84 Å². The van der Waals surface area contributed by atoms with Crippen LogP contribution in [0.2, 0.25) is 0 Å². The molecule has 4 heteroatoms. The van der Waals surface area contributed by atoms with Gasteiger partial charge in [-0.2, -0.15) is 0 Å². The van der Waals surface area contributed by atoms with Crippen molar-refractivity contribution in [1.82, 2.24) is 5.32 Å². The molecule has 1 heterocycles. The highest BCUT2D eigenvalue weighted by atomic mass is 32.2. The monoisotopic (exact) mass is 251 g/mol. The van der Waals surface area contributed by atoms with Crippen molar-refractivity contribution in [3.8, 4) is 0 Å². The van der Waals surface area contributed by atoms with Gasteiger partial charge in [0, 0.05) is 13.1 Å². The maximum Gasteiger partial charge on any atom is 0.183 e. The molecule has 1 fully saturated rings. The maximum atomic E-state index is 12.3. The Balaban J connectivity index is 1.98. The summed E-state index contributed by atoms with van der Waals surface area (Å²) < 4.78 is 24.5. The van der Waals surface area contributed by atoms with E-state index in [-0.39, 0.29) is 5.25 Å². The van der Waals surface area contributed by atoms with E-state index >= 15 is 0 Å². The van der Waals surface area contributed by atoms with E-state index in [0.29, 0.717) is 18.0 Å². The van der Waals surface area contributed by atoms with E-state index in [1.807, 2.05) is 12.1 Å². The molecule has 1 aliphatic heterocycles. The molecule has 1 N–H and O–H groups in total. The smallest absolute Gasteiger partial charge is 0.183 e. The summed E-state index contributed by atoms with van der Waals surface area (Å²) in [6, 6.07) is 5.70. The van der Waals surface area contributed by atoms with Gasteiger partial charge in [0.05, 0.1) is 10.1 Å². The SMILES string of the molecule is O=S(=O)(c1ccc2c(c1)CCCC2)C1CNC1. The van der Waals surface area contributed by atoms with E-state index in [2.05, 4.69) is 5.32 Å². The molecule has 1 aromatic rings. The van der Waals surface area contributed by atoms with Crippen LogP contribution in [0, 0.1) is 0 Å². The van der Waals surface area contributed by atoms with Gasteiger partial charge < -0.3 is 5.32 Å². The van der Waals surface area contributed by atoms with Gasteiger partial charge in [0.2, 0.25) is 0 Å². The predicted molar refractivity (Wildman–Crippen MR) is 66.9 cm³/mol. The number of benzene rings is 1. The quantitative estimate of drug-likeness (QED) is 0.862. The summed E-state index contributed by atoms with van der Waals surface area (Å²) in [7, 11) is -3.10. The summed E-state index contributed by atoms with van der Waals surface area (Å²) in [5.74, 6) is 0. The molecule has 2 aliphatic rings. The molecule has 0 radical (unpaired) electrons. The van der Waals surface area contributed by atoms with Crippen LogP contribution < -0.4 is 5.32 Å². The molecule has 3 nitrogen and oxygen atoms in total. The summed E-state index contributed by atoms with van der Waals surface area (Å²) in [5, 5.41) is 2.80. The third kappa shape index (κ3) is 1.89. The molecule has 0 bridgehead atoms. The van der Waals surface area contributed by atoms with Gasteiger partial charge in [-0.25, -0.2) is 8.42 Å². The van der Waals surface area contributed by atoms with Crippen molar-refractivity contribution in [1.29, 1.82) is 0 Å². The molecule has 1 aromatic carbocycles. The lowest BCUT2D eigenvalue weighted by Crippen LogP contribution is -2.51. The summed E-state index contributed by atoms with van der Waals surface area (Å²) in [6.45, 7) is 1.19. The first-order valence-corrected chi connectivity index (χ1v) is 7.79. The first-order valence-electron chi connectivity index (χ1n) is 6.24. The number of aryl methyl sites for hydroxylation is 2. The molecule has 0 saturated carbocycles. The minimum Gasteiger partial charge on any atom is -0.314 e. The van der Waals surface area contributed by atoms with Crippen molar-refractivity contribution in [2.45, 2.75) is 35.8 Å². The van der Waals surface area contributed by atoms with E-state index in [1.54, 1.807) is 6.07 Å². The third-order valence-corrected chi connectivity index (χ3v) is 5.95. The van der Waals surface area contributed by atoms with Gasteiger partial charge in [-0.3, -0.25) is 0 Å². The first-order chi connectivity index (χ1) is 8.18. The second kappa shape index (κ2) is 4.10. The average molecular weight is 251 g/mol. The molecule has 0 spiro atoms. The van der Waals surface area contributed by atoms with Crippen LogP contribution in [0.15, 0.2) is 23.1 Å². The van der Waals surface area contributed by atoms with E-state index < -0.39 is 9.84 Å². The fourth-order valence-electron chi connectivity index (χ4n) is 2.56. The third-order valence-electron chi connectivity index (χ3n) is 3.83. The number of nitrogens with one attached hydrogen (secondary N) is 1. The Morgan fingerprint density at radius 2 is 1.76 bits per heavy atom. The fourth-order valence-corrected chi connectivity index (χ4v) is 4.18. The highest BCUT2D eigenvalue weighted by Crippen LogP contribution is 2.26. The van der Waals surface area contributed by atoms with Crippen LogP contribution in [-0.2, 0) is 22.7 Å². The minimum absolute atomic E-state index is 0.218. The molecule has 0 amide bonds. The van der Waals surface area contributed by atoms with Crippen LogP contribution >= 0.6 is 0 Å². The number of hydrogen-bond acceptors (Lipinski definition) is 3. The van der Waals surface area contributed by atoms with Crippen LogP contribution in [0.5, 0.6) is 0 Å². The summed E-state index contributed by atoms with van der Waals surface area (Å²) in [4.78, 5) is 0.518. The van der Waals surface area contributed by atoms with Crippen molar-refractivity contribution in [2.75, 3.05) is 13.1 Å². The van der Waals surface area contributed by atoms with Crippen molar-refractivity contribution in [2.24, 2.45) is 0 Å². The van der Waals surface area contributed by atoms with Crippen LogP contribution in [-0.4, -0.2) is 26.8 Å². The standard InChI is InChI=1S/C13H17NO2S/c15-17(16,13-8-14-9-13)12-6-5-10-3-1-2-4-11(10)7-12/h5-7,13-14H,1-4,8-9H2. The largest absolute Gasteiger partial charge is 0.314 e. The molecule has 92 valence electrons. The van der Waals surface area contributed by atoms with Gasteiger partial charge in [0.15, 0.2) is 9.84 Å². The van der Waals surface area contributed by atoms with E-state index in [0.717, 1.165) is 12.8 Å². The lowest BCUT2D eigenvalue weighted by molar-refractivity contribution is 0.495. The van der Waals surface area contributed by atoms with Gasteiger partial charge in [-0.05, 0) is 48.9 Å². The zero-order chi connectivity index (χ0) is 11.9. The molecule has 17 heavy (non-hydrogen) atoms. The number of hydrogen-bond donors (Lipinski definition) is 1. The number of rotatable bonds is 2. The van der Waals surface area contributed by atoms with Crippen molar-refractivity contribution in [3.05, 3.63) is 29.3 Å². The molecule has 0 atom stereocenters. The lowest BCUT2D eigenvalue weighted by atomic mass is 9.92. The average Bonchev–Trinajstić information content (AvgIpc) is 2.25. The highest BCUT2D eigenvalue weighted by molar-refractivity contribution is 7.92. The predicted octanol–water partition coefficient (Wildman–Crippen LogP) is 1.31. The van der Waals surface area contributed by atoms with Crippen LogP contribution in [0.1, 0.15) is 24.0 Å². The van der Waals surface area contributed by atoms with Crippen molar-refractivity contribution < 1.29 is 8.42 Å². The van der Waals surface area contributed by atoms with E-state index in [4.69, 9.17) is 0 Å². The van der Waals surface area contributed by atoms with Gasteiger partial charge in [0.25, 0.3) is 0 Å². The van der Waals surface area contributed by atoms with Crippen LogP contribution in [0.3, 0.4) is 0 Å². The summed E-state index contributed by atoms with van der Waals surface area (Å²) in [5.41, 5.74) is 2.58. The second-order valence-electron chi connectivity index (χ2n) is 4.96. The Labute approximate surface area is 102 Å². The fraction of sp³-hybridized carbons (Fsp3) is 0.538. The molecule has 1 aliphatic carbocycles. The number of fused-ring (bicyclic) bond motifs is 1. The lowest BCUT2D eigenvalue weighted by Gasteiger charge is -2.27. The normalized spacial score (nSPS) is 20.7. The van der Waals surface area contributed by atoms with Gasteiger partial charge in [-0.15, -0.1) is 0 Å². The Morgan fingerprint density at radius 1 is 1.06 bits per heavy atom. The van der Waals surface area contributed by atoms with Crippen LogP contribution in [0.4, 0.5) is 0 Å². The summed E-state index contributed by atoms with van der Waals surface area (Å²) >= 11 is 0. The zero-order valence-corrected chi connectivity index (χ0v) is 10.6. The van der Waals surface area contributed by atoms with Crippen molar-refractivity contribution in [3.63, 3.8) is 0 Å². The highest BCUT2D eigenvalue weighted by Gasteiger charge is 2.32. The molecule has 1 saturated heterocycles. The molecule has 3 rings (SSSR count). The van der Waals surface area contributed by atoms with E-state index in [9.17, 15) is 8.42 Å². The molecule has 0 aromatic heterocycles. The maximum absolute atomic E-state index is 12.3. The van der Waals surface area contributed by atoms with Gasteiger partial charge >= 0.3 is 0 Å². The van der Waals surface area contributed by atoms with E-state index in [1.165, 1.54) is 24.0 Å². The topological polar surface area (TPSA) is 46.2 Å².